The van der Waals surface area contributed by atoms with Gasteiger partial charge in [-0.25, -0.2) is 4.98 Å². The topological polar surface area (TPSA) is 80.4 Å². The Morgan fingerprint density at radius 1 is 1.40 bits per heavy atom. The molecular weight excluding hydrogens is 272 g/mol. The van der Waals surface area contributed by atoms with E-state index < -0.39 is 0 Å². The van der Waals surface area contributed by atoms with E-state index in [0.717, 1.165) is 10.7 Å². The summed E-state index contributed by atoms with van der Waals surface area (Å²) in [4.78, 5) is 19.4. The van der Waals surface area contributed by atoms with Crippen molar-refractivity contribution >= 4 is 28.8 Å². The van der Waals surface area contributed by atoms with Crippen LogP contribution in [-0.4, -0.2) is 16.7 Å². The average Bonchev–Trinajstić information content (AvgIpc) is 2.92. The van der Waals surface area contributed by atoms with E-state index in [9.17, 15) is 4.79 Å². The van der Waals surface area contributed by atoms with Crippen LogP contribution in [0.5, 0.6) is 0 Å². The predicted octanol–water partition coefficient (Wildman–Crippen LogP) is 2.20. The van der Waals surface area contributed by atoms with Crippen LogP contribution < -0.4 is 11.1 Å². The molecule has 0 spiro atoms. The van der Waals surface area contributed by atoms with Gasteiger partial charge in [0, 0.05) is 23.5 Å². The van der Waals surface area contributed by atoms with E-state index in [0.29, 0.717) is 0 Å². The molecule has 1 heterocycles. The minimum atomic E-state index is -0.304. The number of nitrogens with zero attached hydrogens (tertiary/aromatic N) is 2. The van der Waals surface area contributed by atoms with Crippen molar-refractivity contribution in [3.05, 3.63) is 59.2 Å². The molecule has 0 bridgehead atoms. The number of amidine groups is 1. The molecule has 0 saturated heterocycles. The maximum atomic E-state index is 11.6. The standard InChI is InChI=1S/C14H14N4OS/c15-12(6-7-16-11-4-2-1-3-5-11)18-13(19)10-14-17-8-9-20-14/h1-9,16H,10H2,(H2,15,18,19)/b7-6-. The molecule has 0 aliphatic heterocycles. The molecule has 5 nitrogen and oxygen atoms in total. The van der Waals surface area contributed by atoms with Crippen LogP contribution >= 0.6 is 11.3 Å². The van der Waals surface area contributed by atoms with Crippen LogP contribution in [0.25, 0.3) is 0 Å². The Hall–Kier alpha value is -2.47. The highest BCUT2D eigenvalue weighted by Crippen LogP contribution is 2.06. The number of aromatic nitrogens is 1. The Bertz CT molecular complexity index is 605. The molecule has 3 N–H and O–H groups in total. The first-order chi connectivity index (χ1) is 9.74. The number of rotatable bonds is 5. The molecule has 102 valence electrons. The molecule has 0 atom stereocenters. The molecule has 0 aliphatic rings. The van der Waals surface area contributed by atoms with Crippen LogP contribution in [0.4, 0.5) is 5.69 Å². The second-order valence-corrected chi connectivity index (χ2v) is 4.86. The Morgan fingerprint density at radius 3 is 2.90 bits per heavy atom. The van der Waals surface area contributed by atoms with Crippen LogP contribution in [0.2, 0.25) is 0 Å². The fraction of sp³-hybridized carbons (Fsp3) is 0.0714. The van der Waals surface area contributed by atoms with Crippen molar-refractivity contribution in [2.24, 2.45) is 10.7 Å². The van der Waals surface area contributed by atoms with Gasteiger partial charge in [-0.3, -0.25) is 4.79 Å². The lowest BCUT2D eigenvalue weighted by molar-refractivity contribution is -0.117. The number of nitrogens with one attached hydrogen (secondary N) is 1. The number of thiazole rings is 1. The van der Waals surface area contributed by atoms with Gasteiger partial charge in [-0.05, 0) is 18.2 Å². The van der Waals surface area contributed by atoms with Gasteiger partial charge in [-0.15, -0.1) is 11.3 Å². The number of carbonyl (C=O) groups excluding carboxylic acids is 1. The third-order valence-electron chi connectivity index (χ3n) is 2.32. The summed E-state index contributed by atoms with van der Waals surface area (Å²) >= 11 is 1.42. The quantitative estimate of drug-likeness (QED) is 0.652. The Morgan fingerprint density at radius 2 is 2.20 bits per heavy atom. The van der Waals surface area contributed by atoms with Crippen LogP contribution in [0.15, 0.2) is 59.2 Å². The molecule has 0 radical (unpaired) electrons. The summed E-state index contributed by atoms with van der Waals surface area (Å²) in [6.07, 6.45) is 5.03. The largest absolute Gasteiger partial charge is 0.384 e. The zero-order valence-corrected chi connectivity index (χ0v) is 11.5. The van der Waals surface area contributed by atoms with Gasteiger partial charge in [0.1, 0.15) is 10.8 Å². The van der Waals surface area contributed by atoms with Gasteiger partial charge in [-0.1, -0.05) is 18.2 Å². The number of hydrogen-bond acceptors (Lipinski definition) is 4. The fourth-order valence-corrected chi connectivity index (χ4v) is 2.06. The van der Waals surface area contributed by atoms with Crippen molar-refractivity contribution in [3.63, 3.8) is 0 Å². The molecule has 0 fully saturated rings. The van der Waals surface area contributed by atoms with Gasteiger partial charge in [0.25, 0.3) is 5.91 Å². The van der Waals surface area contributed by atoms with Gasteiger partial charge in [0.15, 0.2) is 0 Å². The monoisotopic (exact) mass is 286 g/mol. The molecule has 1 aromatic carbocycles. The van der Waals surface area contributed by atoms with Crippen molar-refractivity contribution in [3.8, 4) is 0 Å². The van der Waals surface area contributed by atoms with Gasteiger partial charge in [0.05, 0.1) is 6.42 Å². The first kappa shape index (κ1) is 14.0. The molecule has 1 aromatic heterocycles. The van der Waals surface area contributed by atoms with E-state index in [1.54, 1.807) is 18.5 Å². The van der Waals surface area contributed by atoms with Crippen LogP contribution in [0.3, 0.4) is 0 Å². The van der Waals surface area contributed by atoms with Crippen LogP contribution in [-0.2, 0) is 11.2 Å². The number of aliphatic imine (C=N–C) groups is 1. The Balaban J connectivity index is 1.85. The van der Waals surface area contributed by atoms with Crippen LogP contribution in [0.1, 0.15) is 5.01 Å². The Kier molecular flexibility index (Phi) is 5.02. The molecule has 2 rings (SSSR count). The SMILES string of the molecule is NC(/C=C\Nc1ccccc1)=NC(=O)Cc1nccs1. The summed E-state index contributed by atoms with van der Waals surface area (Å²) in [7, 11) is 0. The zero-order valence-electron chi connectivity index (χ0n) is 10.7. The van der Waals surface area contributed by atoms with E-state index in [4.69, 9.17) is 5.73 Å². The van der Waals surface area contributed by atoms with E-state index in [1.807, 2.05) is 35.7 Å². The predicted molar refractivity (Wildman–Crippen MR) is 81.7 cm³/mol. The van der Waals surface area contributed by atoms with Crippen molar-refractivity contribution in [2.45, 2.75) is 6.42 Å². The summed E-state index contributed by atoms with van der Waals surface area (Å²) < 4.78 is 0. The molecule has 1 amide bonds. The molecule has 6 heteroatoms. The lowest BCUT2D eigenvalue weighted by Gasteiger charge is -1.98. The number of nitrogens with two attached hydrogens (primary N) is 1. The molecule has 20 heavy (non-hydrogen) atoms. The second-order valence-electron chi connectivity index (χ2n) is 3.88. The highest BCUT2D eigenvalue weighted by molar-refractivity contribution is 7.09. The Labute approximate surface area is 120 Å². The molecular formula is C14H14N4OS. The highest BCUT2D eigenvalue weighted by atomic mass is 32.1. The summed E-state index contributed by atoms with van der Waals surface area (Å²) in [6, 6.07) is 9.62. The minimum Gasteiger partial charge on any atom is -0.384 e. The van der Waals surface area contributed by atoms with Crippen molar-refractivity contribution in [1.29, 1.82) is 0 Å². The first-order valence-corrected chi connectivity index (χ1v) is 6.85. The first-order valence-electron chi connectivity index (χ1n) is 5.97. The third kappa shape index (κ3) is 4.66. The normalized spacial score (nSPS) is 11.7. The zero-order chi connectivity index (χ0) is 14.2. The van der Waals surface area contributed by atoms with E-state index in [-0.39, 0.29) is 18.2 Å². The third-order valence-corrected chi connectivity index (χ3v) is 3.10. The maximum absolute atomic E-state index is 11.6. The maximum Gasteiger partial charge on any atom is 0.254 e. The fourth-order valence-electron chi connectivity index (χ4n) is 1.45. The number of amides is 1. The van der Waals surface area contributed by atoms with E-state index in [1.165, 1.54) is 11.3 Å². The van der Waals surface area contributed by atoms with Gasteiger partial charge < -0.3 is 11.1 Å². The number of hydrogen-bond donors (Lipinski definition) is 2. The summed E-state index contributed by atoms with van der Waals surface area (Å²) in [5.74, 6) is -0.142. The minimum absolute atomic E-state index is 0.162. The molecule has 2 aromatic rings. The lowest BCUT2D eigenvalue weighted by atomic mass is 10.3. The van der Waals surface area contributed by atoms with Crippen molar-refractivity contribution in [1.82, 2.24) is 4.98 Å². The second kappa shape index (κ2) is 7.20. The lowest BCUT2D eigenvalue weighted by Crippen LogP contribution is -2.12. The van der Waals surface area contributed by atoms with Crippen LogP contribution in [0, 0.1) is 0 Å². The van der Waals surface area contributed by atoms with Gasteiger partial charge in [0.2, 0.25) is 0 Å². The summed E-state index contributed by atoms with van der Waals surface area (Å²) in [6.45, 7) is 0. The number of carbonyl (C=O) groups is 1. The van der Waals surface area contributed by atoms with Crippen molar-refractivity contribution < 1.29 is 4.79 Å². The molecule has 0 saturated carbocycles. The smallest absolute Gasteiger partial charge is 0.254 e. The number of anilines is 1. The summed E-state index contributed by atoms with van der Waals surface area (Å²) in [5, 5.41) is 5.58. The highest BCUT2D eigenvalue weighted by Gasteiger charge is 2.03. The van der Waals surface area contributed by atoms with E-state index >= 15 is 0 Å². The molecule has 0 unspecified atom stereocenters. The molecule has 0 aliphatic carbocycles. The van der Waals surface area contributed by atoms with E-state index in [2.05, 4.69) is 15.3 Å². The number of para-hydroxylation sites is 1. The number of benzene rings is 1. The summed E-state index contributed by atoms with van der Waals surface area (Å²) in [5.41, 5.74) is 6.59. The van der Waals surface area contributed by atoms with Gasteiger partial charge >= 0.3 is 0 Å². The average molecular weight is 286 g/mol. The van der Waals surface area contributed by atoms with Gasteiger partial charge in [-0.2, -0.15) is 4.99 Å². The van der Waals surface area contributed by atoms with Crippen molar-refractivity contribution in [2.75, 3.05) is 5.32 Å².